The normalized spacial score (nSPS) is 11.0. The van der Waals surface area contributed by atoms with Crippen molar-refractivity contribution in [2.75, 3.05) is 16.6 Å². The second-order valence-electron chi connectivity index (χ2n) is 8.60. The van der Waals surface area contributed by atoms with E-state index in [1.165, 1.54) is 30.3 Å². The van der Waals surface area contributed by atoms with E-state index in [0.717, 1.165) is 11.1 Å². The van der Waals surface area contributed by atoms with Gasteiger partial charge >= 0.3 is 0 Å². The maximum Gasteiger partial charge on any atom is 0.261 e. The molecule has 0 aromatic heterocycles. The van der Waals surface area contributed by atoms with Crippen molar-refractivity contribution in [3.63, 3.8) is 0 Å². The first-order valence-corrected chi connectivity index (χ1v) is 13.7. The van der Waals surface area contributed by atoms with Crippen LogP contribution in [-0.4, -0.2) is 26.8 Å². The predicted molar refractivity (Wildman–Crippen MR) is 150 cm³/mol. The van der Waals surface area contributed by atoms with Gasteiger partial charge in [-0.15, -0.1) is 0 Å². The zero-order valence-electron chi connectivity index (χ0n) is 20.6. The van der Waals surface area contributed by atoms with Gasteiger partial charge in [-0.3, -0.25) is 14.3 Å². The number of para-hydroxylation sites is 1. The van der Waals surface area contributed by atoms with E-state index in [2.05, 4.69) is 15.4 Å². The molecular formula is C29H26ClN3O4S. The minimum absolute atomic E-state index is 0.0522. The van der Waals surface area contributed by atoms with Gasteiger partial charge in [0.2, 0.25) is 0 Å². The molecule has 4 aromatic carbocycles. The number of aryl methyl sites for hydroxylation is 1. The fraction of sp³-hybridized carbons (Fsp3) is 0.103. The highest BCUT2D eigenvalue weighted by Crippen LogP contribution is 2.25. The number of benzene rings is 4. The van der Waals surface area contributed by atoms with Gasteiger partial charge in [-0.1, -0.05) is 71.8 Å². The summed E-state index contributed by atoms with van der Waals surface area (Å²) in [4.78, 5) is 25.9. The van der Waals surface area contributed by atoms with E-state index >= 15 is 0 Å². The summed E-state index contributed by atoms with van der Waals surface area (Å²) in [5, 5.41) is 5.66. The molecule has 0 fully saturated rings. The molecule has 3 N–H and O–H groups in total. The number of carbonyl (C=O) groups excluding carboxylic acids is 2. The number of carbonyl (C=O) groups is 2. The molecular weight excluding hydrogens is 522 g/mol. The lowest BCUT2D eigenvalue weighted by Crippen LogP contribution is -2.27. The Balaban J connectivity index is 1.43. The third-order valence-corrected chi connectivity index (χ3v) is 7.47. The Morgan fingerprint density at radius 2 is 1.47 bits per heavy atom. The van der Waals surface area contributed by atoms with E-state index in [4.69, 9.17) is 11.6 Å². The summed E-state index contributed by atoms with van der Waals surface area (Å²) >= 11 is 6.34. The molecule has 9 heteroatoms. The molecule has 0 aliphatic carbocycles. The summed E-state index contributed by atoms with van der Waals surface area (Å²) in [7, 11) is -3.82. The second-order valence-corrected chi connectivity index (χ2v) is 10.7. The Kier molecular flexibility index (Phi) is 8.45. The van der Waals surface area contributed by atoms with Crippen molar-refractivity contribution in [2.24, 2.45) is 0 Å². The number of anilines is 2. The second kappa shape index (κ2) is 11.9. The first-order valence-electron chi connectivity index (χ1n) is 11.8. The van der Waals surface area contributed by atoms with Crippen LogP contribution < -0.4 is 15.4 Å². The smallest absolute Gasteiger partial charge is 0.261 e. The zero-order chi connectivity index (χ0) is 27.1. The molecule has 38 heavy (non-hydrogen) atoms. The third-order valence-electron chi connectivity index (χ3n) is 5.76. The van der Waals surface area contributed by atoms with Crippen molar-refractivity contribution in [1.29, 1.82) is 0 Å². The van der Waals surface area contributed by atoms with Crippen molar-refractivity contribution >= 4 is 44.8 Å². The van der Waals surface area contributed by atoms with Crippen molar-refractivity contribution < 1.29 is 18.0 Å². The molecule has 0 heterocycles. The molecule has 7 nitrogen and oxygen atoms in total. The van der Waals surface area contributed by atoms with Crippen LogP contribution in [0.25, 0.3) is 0 Å². The molecule has 2 amide bonds. The number of rotatable bonds is 9. The maximum absolute atomic E-state index is 13.0. The van der Waals surface area contributed by atoms with Crippen molar-refractivity contribution in [3.8, 4) is 0 Å². The van der Waals surface area contributed by atoms with Crippen LogP contribution in [0.4, 0.5) is 11.4 Å². The molecule has 0 spiro atoms. The predicted octanol–water partition coefficient (Wildman–Crippen LogP) is 5.67. The monoisotopic (exact) mass is 547 g/mol. The minimum Gasteiger partial charge on any atom is -0.352 e. The first-order chi connectivity index (χ1) is 18.2. The maximum atomic E-state index is 13.0. The van der Waals surface area contributed by atoms with Crippen LogP contribution in [0.2, 0.25) is 5.02 Å². The van der Waals surface area contributed by atoms with E-state index in [9.17, 15) is 18.0 Å². The molecule has 0 aliphatic heterocycles. The molecule has 4 rings (SSSR count). The van der Waals surface area contributed by atoms with Gasteiger partial charge in [-0.05, 0) is 61.4 Å². The quantitative estimate of drug-likeness (QED) is 0.251. The number of hydrogen-bond donors (Lipinski definition) is 3. The van der Waals surface area contributed by atoms with Crippen molar-refractivity contribution in [1.82, 2.24) is 5.32 Å². The molecule has 194 valence electrons. The average molecular weight is 548 g/mol. The standard InChI is InChI=1S/C29H26ClN3O4S/c1-20-11-14-23(15-12-20)38(36,37)33-22-13-16-24(26(30)19-22)29(35)32-27-10-6-5-9-25(27)28(34)31-18-17-21-7-3-2-4-8-21/h2-16,19,33H,17-18H2,1H3,(H,31,34)(H,32,35). The minimum atomic E-state index is -3.82. The topological polar surface area (TPSA) is 104 Å². The number of sulfonamides is 1. The van der Waals surface area contributed by atoms with Crippen LogP contribution in [0.5, 0.6) is 0 Å². The lowest BCUT2D eigenvalue weighted by molar-refractivity contribution is 0.0955. The van der Waals surface area contributed by atoms with Crippen molar-refractivity contribution in [2.45, 2.75) is 18.2 Å². The summed E-state index contributed by atoms with van der Waals surface area (Å²) in [6.07, 6.45) is 0.677. The lowest BCUT2D eigenvalue weighted by atomic mass is 10.1. The molecule has 0 radical (unpaired) electrons. The van der Waals surface area contributed by atoms with E-state index in [0.29, 0.717) is 24.2 Å². The Bertz CT molecular complexity index is 1560. The Morgan fingerprint density at radius 3 is 2.18 bits per heavy atom. The average Bonchev–Trinajstić information content (AvgIpc) is 2.89. The van der Waals surface area contributed by atoms with Crippen LogP contribution in [0.3, 0.4) is 0 Å². The van der Waals surface area contributed by atoms with Gasteiger partial charge in [0.15, 0.2) is 0 Å². The summed E-state index contributed by atoms with van der Waals surface area (Å²) in [5.41, 5.74) is 3.03. The number of nitrogens with one attached hydrogen (secondary N) is 3. The molecule has 0 aliphatic rings. The summed E-state index contributed by atoms with van der Waals surface area (Å²) in [6.45, 7) is 2.31. The number of halogens is 1. The molecule has 4 aromatic rings. The number of hydrogen-bond acceptors (Lipinski definition) is 4. The highest BCUT2D eigenvalue weighted by Gasteiger charge is 2.18. The molecule has 0 atom stereocenters. The third kappa shape index (κ3) is 6.79. The first kappa shape index (κ1) is 26.9. The van der Waals surface area contributed by atoms with Crippen LogP contribution in [0.15, 0.2) is 102 Å². The summed E-state index contributed by atoms with van der Waals surface area (Å²) < 4.78 is 27.8. The van der Waals surface area contributed by atoms with Crippen molar-refractivity contribution in [3.05, 3.63) is 124 Å². The molecule has 0 unspecified atom stereocenters. The fourth-order valence-corrected chi connectivity index (χ4v) is 5.05. The van der Waals surface area contributed by atoms with Gasteiger partial charge in [-0.25, -0.2) is 8.42 Å². The molecule has 0 bridgehead atoms. The zero-order valence-corrected chi connectivity index (χ0v) is 22.1. The van der Waals surface area contributed by atoms with Gasteiger partial charge in [0.05, 0.1) is 32.4 Å². The van der Waals surface area contributed by atoms with Gasteiger partial charge in [0, 0.05) is 6.54 Å². The van der Waals surface area contributed by atoms with Crippen LogP contribution >= 0.6 is 11.6 Å². The van der Waals surface area contributed by atoms with Crippen LogP contribution in [-0.2, 0) is 16.4 Å². The molecule has 0 saturated carbocycles. The van der Waals surface area contributed by atoms with E-state index < -0.39 is 15.9 Å². The van der Waals surface area contributed by atoms with Gasteiger partial charge in [0.1, 0.15) is 0 Å². The van der Waals surface area contributed by atoms with Crippen LogP contribution in [0.1, 0.15) is 31.8 Å². The van der Waals surface area contributed by atoms with E-state index in [1.54, 1.807) is 36.4 Å². The Morgan fingerprint density at radius 1 is 0.789 bits per heavy atom. The van der Waals surface area contributed by atoms with E-state index in [-0.39, 0.29) is 27.1 Å². The highest BCUT2D eigenvalue weighted by atomic mass is 35.5. The SMILES string of the molecule is Cc1ccc(S(=O)(=O)Nc2ccc(C(=O)Nc3ccccc3C(=O)NCCc3ccccc3)c(Cl)c2)cc1. The molecule has 0 saturated heterocycles. The fourth-order valence-electron chi connectivity index (χ4n) is 3.73. The Labute approximate surface area is 226 Å². The Hall–Kier alpha value is -4.14. The number of amides is 2. The van der Waals surface area contributed by atoms with Gasteiger partial charge < -0.3 is 10.6 Å². The highest BCUT2D eigenvalue weighted by molar-refractivity contribution is 7.92. The van der Waals surface area contributed by atoms with Gasteiger partial charge in [-0.2, -0.15) is 0 Å². The lowest BCUT2D eigenvalue weighted by Gasteiger charge is -2.13. The summed E-state index contributed by atoms with van der Waals surface area (Å²) in [5.74, 6) is -0.851. The van der Waals surface area contributed by atoms with Crippen LogP contribution in [0, 0.1) is 6.92 Å². The largest absolute Gasteiger partial charge is 0.352 e. The van der Waals surface area contributed by atoms with E-state index in [1.807, 2.05) is 37.3 Å². The van der Waals surface area contributed by atoms with Gasteiger partial charge in [0.25, 0.3) is 21.8 Å². The summed E-state index contributed by atoms with van der Waals surface area (Å²) in [6, 6.07) is 27.1.